The molecule has 1 N–H and O–H groups in total. The first-order valence-corrected chi connectivity index (χ1v) is 6.44. The second-order valence-electron chi connectivity index (χ2n) is 4.61. The first-order valence-electron chi connectivity index (χ1n) is 6.44. The number of aliphatic carboxylic acids is 1. The Balaban J connectivity index is 1.74. The van der Waals surface area contributed by atoms with E-state index in [9.17, 15) is 4.79 Å². The molecule has 0 atom stereocenters. The van der Waals surface area contributed by atoms with Crippen LogP contribution in [-0.2, 0) is 4.79 Å². The van der Waals surface area contributed by atoms with E-state index >= 15 is 0 Å². The number of carboxylic acids is 1. The van der Waals surface area contributed by atoms with Crippen LogP contribution >= 0.6 is 0 Å². The SMILES string of the molecule is O=C(O)CN1CCN(CC#Cc2ccccc2)CC1. The highest BCUT2D eigenvalue weighted by Crippen LogP contribution is 2.01. The van der Waals surface area contributed by atoms with Crippen LogP contribution in [0.15, 0.2) is 30.3 Å². The molecule has 0 bridgehead atoms. The minimum Gasteiger partial charge on any atom is -0.480 e. The number of hydrogen-bond acceptors (Lipinski definition) is 3. The van der Waals surface area contributed by atoms with E-state index in [1.807, 2.05) is 35.2 Å². The summed E-state index contributed by atoms with van der Waals surface area (Å²) in [7, 11) is 0. The lowest BCUT2D eigenvalue weighted by molar-refractivity contribution is -0.138. The van der Waals surface area contributed by atoms with Gasteiger partial charge in [-0.2, -0.15) is 0 Å². The van der Waals surface area contributed by atoms with Crippen LogP contribution < -0.4 is 0 Å². The third-order valence-electron chi connectivity index (χ3n) is 3.13. The van der Waals surface area contributed by atoms with Crippen LogP contribution in [0.25, 0.3) is 0 Å². The summed E-state index contributed by atoms with van der Waals surface area (Å²) in [4.78, 5) is 14.8. The molecule has 2 rings (SSSR count). The van der Waals surface area contributed by atoms with Gasteiger partial charge in [0.05, 0.1) is 13.1 Å². The van der Waals surface area contributed by atoms with E-state index in [0.29, 0.717) is 0 Å². The minimum absolute atomic E-state index is 0.142. The summed E-state index contributed by atoms with van der Waals surface area (Å²) in [5.41, 5.74) is 1.03. The molecule has 0 aromatic heterocycles. The normalized spacial score (nSPS) is 16.6. The molecule has 1 aliphatic heterocycles. The smallest absolute Gasteiger partial charge is 0.317 e. The van der Waals surface area contributed by atoms with E-state index in [4.69, 9.17) is 5.11 Å². The standard InChI is InChI=1S/C15H18N2O2/c18-15(19)13-17-11-9-16(10-12-17)8-4-7-14-5-2-1-3-6-14/h1-3,5-6H,8-13H2,(H,18,19). The lowest BCUT2D eigenvalue weighted by Crippen LogP contribution is -2.47. The van der Waals surface area contributed by atoms with Crippen LogP contribution in [-0.4, -0.2) is 60.1 Å². The molecular formula is C15H18N2O2. The second-order valence-corrected chi connectivity index (χ2v) is 4.61. The van der Waals surface area contributed by atoms with Crippen LogP contribution in [0.3, 0.4) is 0 Å². The molecule has 1 aromatic carbocycles. The third kappa shape index (κ3) is 4.74. The maximum absolute atomic E-state index is 10.6. The summed E-state index contributed by atoms with van der Waals surface area (Å²) in [5.74, 6) is 5.55. The van der Waals surface area contributed by atoms with Gasteiger partial charge >= 0.3 is 5.97 Å². The average Bonchev–Trinajstić information content (AvgIpc) is 2.41. The van der Waals surface area contributed by atoms with Gasteiger partial charge in [0.2, 0.25) is 0 Å². The zero-order chi connectivity index (χ0) is 13.5. The Morgan fingerprint density at radius 1 is 1.11 bits per heavy atom. The fourth-order valence-corrected chi connectivity index (χ4v) is 2.07. The molecule has 0 spiro atoms. The molecule has 1 fully saturated rings. The fourth-order valence-electron chi connectivity index (χ4n) is 2.07. The van der Waals surface area contributed by atoms with Crippen molar-refractivity contribution in [3.8, 4) is 11.8 Å². The fraction of sp³-hybridized carbons (Fsp3) is 0.400. The highest BCUT2D eigenvalue weighted by molar-refractivity contribution is 5.69. The molecule has 4 nitrogen and oxygen atoms in total. The first kappa shape index (κ1) is 13.6. The van der Waals surface area contributed by atoms with Crippen LogP contribution in [0.5, 0.6) is 0 Å². The van der Waals surface area contributed by atoms with Gasteiger partial charge in [0.25, 0.3) is 0 Å². The molecule has 100 valence electrons. The topological polar surface area (TPSA) is 43.8 Å². The zero-order valence-corrected chi connectivity index (χ0v) is 10.9. The Morgan fingerprint density at radius 2 is 1.74 bits per heavy atom. The Kier molecular flexibility index (Phi) is 4.96. The predicted molar refractivity (Wildman–Crippen MR) is 73.8 cm³/mol. The van der Waals surface area contributed by atoms with Crippen LogP contribution in [0.1, 0.15) is 5.56 Å². The van der Waals surface area contributed by atoms with E-state index < -0.39 is 5.97 Å². The lowest BCUT2D eigenvalue weighted by Gasteiger charge is -2.32. The molecule has 19 heavy (non-hydrogen) atoms. The average molecular weight is 258 g/mol. The quantitative estimate of drug-likeness (QED) is 0.812. The zero-order valence-electron chi connectivity index (χ0n) is 10.9. The Bertz CT molecular complexity index is 468. The van der Waals surface area contributed by atoms with Crippen molar-refractivity contribution in [3.05, 3.63) is 35.9 Å². The van der Waals surface area contributed by atoms with Gasteiger partial charge in [-0.3, -0.25) is 14.6 Å². The number of rotatable bonds is 3. The summed E-state index contributed by atoms with van der Waals surface area (Å²) < 4.78 is 0. The van der Waals surface area contributed by atoms with Crippen molar-refractivity contribution < 1.29 is 9.90 Å². The highest BCUT2D eigenvalue weighted by Gasteiger charge is 2.17. The van der Waals surface area contributed by atoms with Gasteiger partial charge in [-0.1, -0.05) is 30.0 Å². The van der Waals surface area contributed by atoms with E-state index in [1.165, 1.54) is 0 Å². The van der Waals surface area contributed by atoms with Gasteiger partial charge in [-0.15, -0.1) is 0 Å². The molecule has 1 aromatic rings. The van der Waals surface area contributed by atoms with Gasteiger partial charge in [-0.25, -0.2) is 0 Å². The maximum atomic E-state index is 10.6. The van der Waals surface area contributed by atoms with Crippen molar-refractivity contribution in [1.29, 1.82) is 0 Å². The Hall–Kier alpha value is -1.83. The molecule has 1 heterocycles. The molecule has 0 unspecified atom stereocenters. The lowest BCUT2D eigenvalue weighted by atomic mass is 10.2. The molecule has 1 saturated heterocycles. The van der Waals surface area contributed by atoms with Crippen molar-refractivity contribution in [2.45, 2.75) is 0 Å². The van der Waals surface area contributed by atoms with Crippen LogP contribution in [0.2, 0.25) is 0 Å². The molecular weight excluding hydrogens is 240 g/mol. The van der Waals surface area contributed by atoms with E-state index in [-0.39, 0.29) is 6.54 Å². The van der Waals surface area contributed by atoms with Crippen molar-refractivity contribution in [2.75, 3.05) is 39.3 Å². The molecule has 1 aliphatic rings. The van der Waals surface area contributed by atoms with Gasteiger partial charge < -0.3 is 5.11 Å². The summed E-state index contributed by atoms with van der Waals surface area (Å²) in [5, 5.41) is 8.72. The number of nitrogens with zero attached hydrogens (tertiary/aromatic N) is 2. The molecule has 0 radical (unpaired) electrons. The molecule has 0 aliphatic carbocycles. The Labute approximate surface area is 113 Å². The van der Waals surface area contributed by atoms with Crippen LogP contribution in [0.4, 0.5) is 0 Å². The second kappa shape index (κ2) is 6.93. The van der Waals surface area contributed by atoms with Crippen molar-refractivity contribution in [1.82, 2.24) is 9.80 Å². The summed E-state index contributed by atoms with van der Waals surface area (Å²) >= 11 is 0. The summed E-state index contributed by atoms with van der Waals surface area (Å²) in [6.45, 7) is 4.27. The van der Waals surface area contributed by atoms with Crippen molar-refractivity contribution in [2.24, 2.45) is 0 Å². The summed E-state index contributed by atoms with van der Waals surface area (Å²) in [6.07, 6.45) is 0. The van der Waals surface area contributed by atoms with Gasteiger partial charge in [0, 0.05) is 31.7 Å². The number of piperazine rings is 1. The summed E-state index contributed by atoms with van der Waals surface area (Å²) in [6, 6.07) is 9.94. The monoisotopic (exact) mass is 258 g/mol. The largest absolute Gasteiger partial charge is 0.480 e. The number of carboxylic acid groups (broad SMARTS) is 1. The number of benzene rings is 1. The minimum atomic E-state index is -0.752. The van der Waals surface area contributed by atoms with E-state index in [0.717, 1.165) is 38.3 Å². The van der Waals surface area contributed by atoms with Crippen molar-refractivity contribution >= 4 is 5.97 Å². The van der Waals surface area contributed by atoms with Gasteiger partial charge in [0.15, 0.2) is 0 Å². The highest BCUT2D eigenvalue weighted by atomic mass is 16.4. The third-order valence-corrected chi connectivity index (χ3v) is 3.13. The molecule has 4 heteroatoms. The number of carbonyl (C=O) groups is 1. The van der Waals surface area contributed by atoms with Crippen LogP contribution in [0, 0.1) is 11.8 Å². The predicted octanol–water partition coefficient (Wildman–Crippen LogP) is 0.740. The van der Waals surface area contributed by atoms with E-state index in [2.05, 4.69) is 16.7 Å². The number of hydrogen-bond donors (Lipinski definition) is 1. The Morgan fingerprint density at radius 3 is 2.37 bits per heavy atom. The molecule has 0 amide bonds. The van der Waals surface area contributed by atoms with E-state index in [1.54, 1.807) is 0 Å². The maximum Gasteiger partial charge on any atom is 0.317 e. The van der Waals surface area contributed by atoms with Gasteiger partial charge in [-0.05, 0) is 12.1 Å². The molecule has 0 saturated carbocycles. The first-order chi connectivity index (χ1) is 9.24. The van der Waals surface area contributed by atoms with Crippen molar-refractivity contribution in [3.63, 3.8) is 0 Å². The van der Waals surface area contributed by atoms with Gasteiger partial charge in [0.1, 0.15) is 0 Å².